The van der Waals surface area contributed by atoms with E-state index in [-0.39, 0.29) is 18.4 Å². The monoisotopic (exact) mass is 486 g/mol. The Hall–Kier alpha value is -2.18. The third-order valence-electron chi connectivity index (χ3n) is 5.84. The fourth-order valence-corrected chi connectivity index (χ4v) is 4.62. The van der Waals surface area contributed by atoms with Crippen molar-refractivity contribution in [3.8, 4) is 0 Å². The van der Waals surface area contributed by atoms with Gasteiger partial charge in [0.2, 0.25) is 11.8 Å². The van der Waals surface area contributed by atoms with Gasteiger partial charge in [0.05, 0.1) is 13.1 Å². The molecule has 34 heavy (non-hydrogen) atoms. The number of thiophene rings is 1. The number of rotatable bonds is 18. The SMILES string of the molecule is CCCCCCCCC(=O)N(CCCOCC)CC(=O)N(Cc1ccccc1)Cc1cccs1. The predicted molar refractivity (Wildman–Crippen MR) is 141 cm³/mol. The van der Waals surface area contributed by atoms with Crippen LogP contribution in [0.15, 0.2) is 47.8 Å². The lowest BCUT2D eigenvalue weighted by Crippen LogP contribution is -2.43. The molecule has 1 aromatic heterocycles. The predicted octanol–water partition coefficient (Wildman–Crippen LogP) is 6.28. The van der Waals surface area contributed by atoms with E-state index in [1.54, 1.807) is 16.2 Å². The van der Waals surface area contributed by atoms with Crippen LogP contribution in [0, 0.1) is 0 Å². The van der Waals surface area contributed by atoms with Crippen LogP contribution < -0.4 is 0 Å². The summed E-state index contributed by atoms with van der Waals surface area (Å²) in [5.41, 5.74) is 1.09. The first-order chi connectivity index (χ1) is 16.6. The summed E-state index contributed by atoms with van der Waals surface area (Å²) < 4.78 is 5.47. The molecule has 0 aliphatic heterocycles. The van der Waals surface area contributed by atoms with Gasteiger partial charge in [-0.3, -0.25) is 9.59 Å². The Morgan fingerprint density at radius 2 is 1.59 bits per heavy atom. The Morgan fingerprint density at radius 3 is 2.29 bits per heavy atom. The minimum Gasteiger partial charge on any atom is -0.382 e. The van der Waals surface area contributed by atoms with Crippen LogP contribution in [0.2, 0.25) is 0 Å². The molecular weight excluding hydrogens is 444 g/mol. The largest absolute Gasteiger partial charge is 0.382 e. The smallest absolute Gasteiger partial charge is 0.242 e. The van der Waals surface area contributed by atoms with Gasteiger partial charge in [-0.25, -0.2) is 0 Å². The zero-order valence-electron chi connectivity index (χ0n) is 21.0. The number of nitrogens with zero attached hydrogens (tertiary/aromatic N) is 2. The van der Waals surface area contributed by atoms with Crippen molar-refractivity contribution in [3.63, 3.8) is 0 Å². The Labute approximate surface area is 210 Å². The van der Waals surface area contributed by atoms with Gasteiger partial charge in [-0.2, -0.15) is 0 Å². The highest BCUT2D eigenvalue weighted by Crippen LogP contribution is 2.16. The Morgan fingerprint density at radius 1 is 0.824 bits per heavy atom. The number of ether oxygens (including phenoxy) is 1. The van der Waals surface area contributed by atoms with Crippen molar-refractivity contribution in [2.24, 2.45) is 0 Å². The first-order valence-electron chi connectivity index (χ1n) is 12.8. The van der Waals surface area contributed by atoms with Crippen molar-refractivity contribution < 1.29 is 14.3 Å². The van der Waals surface area contributed by atoms with Gasteiger partial charge in [-0.05, 0) is 36.8 Å². The summed E-state index contributed by atoms with van der Waals surface area (Å²) >= 11 is 1.65. The quantitative estimate of drug-likeness (QED) is 0.233. The Balaban J connectivity index is 2.00. The molecule has 0 bridgehead atoms. The number of hydrogen-bond donors (Lipinski definition) is 0. The molecule has 1 heterocycles. The Bertz CT molecular complexity index is 795. The molecule has 0 spiro atoms. The van der Waals surface area contributed by atoms with E-state index < -0.39 is 0 Å². The lowest BCUT2D eigenvalue weighted by atomic mass is 10.1. The van der Waals surface area contributed by atoms with Gasteiger partial charge in [-0.15, -0.1) is 11.3 Å². The van der Waals surface area contributed by atoms with Crippen molar-refractivity contribution >= 4 is 23.2 Å². The lowest BCUT2D eigenvalue weighted by molar-refractivity contribution is -0.141. The molecular formula is C28H42N2O3S. The van der Waals surface area contributed by atoms with E-state index in [2.05, 4.69) is 13.0 Å². The Kier molecular flexibility index (Phi) is 14.3. The normalized spacial score (nSPS) is 10.9. The maximum atomic E-state index is 13.4. The van der Waals surface area contributed by atoms with Gasteiger partial charge >= 0.3 is 0 Å². The third-order valence-corrected chi connectivity index (χ3v) is 6.70. The van der Waals surface area contributed by atoms with Gasteiger partial charge < -0.3 is 14.5 Å². The van der Waals surface area contributed by atoms with Crippen LogP contribution in [-0.4, -0.2) is 47.9 Å². The average Bonchev–Trinajstić information content (AvgIpc) is 3.36. The molecule has 188 valence electrons. The van der Waals surface area contributed by atoms with Crippen LogP contribution in [0.3, 0.4) is 0 Å². The van der Waals surface area contributed by atoms with Crippen LogP contribution in [0.4, 0.5) is 0 Å². The van der Waals surface area contributed by atoms with Gasteiger partial charge in [-0.1, -0.05) is 75.4 Å². The molecule has 1 aromatic carbocycles. The molecule has 5 nitrogen and oxygen atoms in total. The maximum absolute atomic E-state index is 13.4. The highest BCUT2D eigenvalue weighted by Gasteiger charge is 2.22. The molecule has 0 unspecified atom stereocenters. The topological polar surface area (TPSA) is 49.9 Å². The summed E-state index contributed by atoms with van der Waals surface area (Å²) in [5.74, 6) is 0.0704. The minimum atomic E-state index is -0.00930. The zero-order valence-corrected chi connectivity index (χ0v) is 21.9. The van der Waals surface area contributed by atoms with Crippen molar-refractivity contribution in [3.05, 3.63) is 58.3 Å². The number of benzene rings is 1. The second-order valence-electron chi connectivity index (χ2n) is 8.70. The summed E-state index contributed by atoms with van der Waals surface area (Å²) in [5, 5.41) is 2.03. The second-order valence-corrected chi connectivity index (χ2v) is 9.73. The van der Waals surface area contributed by atoms with Crippen LogP contribution >= 0.6 is 11.3 Å². The van der Waals surface area contributed by atoms with Crippen LogP contribution in [0.1, 0.15) is 75.7 Å². The van der Waals surface area contributed by atoms with Gasteiger partial charge in [0.25, 0.3) is 0 Å². The van der Waals surface area contributed by atoms with E-state index in [0.717, 1.165) is 29.7 Å². The van der Waals surface area contributed by atoms with Crippen LogP contribution in [-0.2, 0) is 27.4 Å². The van der Waals surface area contributed by atoms with Gasteiger partial charge in [0, 0.05) is 37.6 Å². The van der Waals surface area contributed by atoms with Crippen LogP contribution in [0.5, 0.6) is 0 Å². The fraction of sp³-hybridized carbons (Fsp3) is 0.571. The molecule has 0 fully saturated rings. The first kappa shape index (κ1) is 28.1. The van der Waals surface area contributed by atoms with Crippen LogP contribution in [0.25, 0.3) is 0 Å². The molecule has 2 aromatic rings. The molecule has 0 saturated carbocycles. The van der Waals surface area contributed by atoms with Crippen molar-refractivity contribution in [2.45, 2.75) is 78.3 Å². The van der Waals surface area contributed by atoms with E-state index >= 15 is 0 Å². The zero-order chi connectivity index (χ0) is 24.4. The number of hydrogen-bond acceptors (Lipinski definition) is 4. The van der Waals surface area contributed by atoms with E-state index in [1.807, 2.05) is 53.6 Å². The first-order valence-corrected chi connectivity index (χ1v) is 13.7. The molecule has 2 amide bonds. The van der Waals surface area contributed by atoms with Crippen molar-refractivity contribution in [1.29, 1.82) is 0 Å². The molecule has 0 atom stereocenters. The molecule has 0 N–H and O–H groups in total. The summed E-state index contributed by atoms with van der Waals surface area (Å²) in [7, 11) is 0. The number of amides is 2. The average molecular weight is 487 g/mol. The number of unbranched alkanes of at least 4 members (excludes halogenated alkanes) is 5. The van der Waals surface area contributed by atoms with Crippen molar-refractivity contribution in [2.75, 3.05) is 26.3 Å². The number of carbonyl (C=O) groups is 2. The minimum absolute atomic E-state index is 0.00930. The molecule has 6 heteroatoms. The van der Waals surface area contributed by atoms with E-state index in [0.29, 0.717) is 39.3 Å². The second kappa shape index (κ2) is 17.3. The van der Waals surface area contributed by atoms with Gasteiger partial charge in [0.15, 0.2) is 0 Å². The molecule has 0 aliphatic rings. The highest BCUT2D eigenvalue weighted by atomic mass is 32.1. The summed E-state index contributed by atoms with van der Waals surface area (Å²) in [6.07, 6.45) is 8.11. The summed E-state index contributed by atoms with van der Waals surface area (Å²) in [6, 6.07) is 14.1. The molecule has 2 rings (SSSR count). The molecule has 0 saturated heterocycles. The summed E-state index contributed by atoms with van der Waals surface area (Å²) in [6.45, 7) is 7.22. The van der Waals surface area contributed by atoms with E-state index in [9.17, 15) is 9.59 Å². The lowest BCUT2D eigenvalue weighted by Gasteiger charge is -2.28. The standard InChI is InChI=1S/C28H42N2O3S/c1-3-5-6-7-8-12-18-27(31)29(19-14-20-33-4-2)24-28(32)30(23-26-17-13-21-34-26)22-25-15-10-9-11-16-25/h9-11,13,15-17,21H,3-8,12,14,18-20,22-24H2,1-2H3. The third kappa shape index (κ3) is 11.3. The molecule has 0 radical (unpaired) electrons. The summed E-state index contributed by atoms with van der Waals surface area (Å²) in [4.78, 5) is 31.2. The van der Waals surface area contributed by atoms with E-state index in [4.69, 9.17) is 4.74 Å². The highest BCUT2D eigenvalue weighted by molar-refractivity contribution is 7.09. The molecule has 0 aliphatic carbocycles. The van der Waals surface area contributed by atoms with Gasteiger partial charge in [0.1, 0.15) is 0 Å². The maximum Gasteiger partial charge on any atom is 0.242 e. The van der Waals surface area contributed by atoms with E-state index in [1.165, 1.54) is 25.7 Å². The van der Waals surface area contributed by atoms with Crippen molar-refractivity contribution in [1.82, 2.24) is 9.80 Å². The fourth-order valence-electron chi connectivity index (χ4n) is 3.90. The number of carbonyl (C=O) groups excluding carboxylic acids is 2.